The van der Waals surface area contributed by atoms with Gasteiger partial charge in [-0.15, -0.1) is 0 Å². The lowest BCUT2D eigenvalue weighted by Gasteiger charge is -2.44. The topological polar surface area (TPSA) is 216 Å². The van der Waals surface area contributed by atoms with E-state index in [1.807, 2.05) is 0 Å². The van der Waals surface area contributed by atoms with Crippen LogP contribution in [0.1, 0.15) is 34.1 Å². The van der Waals surface area contributed by atoms with Gasteiger partial charge in [0.25, 0.3) is 0 Å². The minimum Gasteiger partial charge on any atom is -0.394 e. The summed E-state index contributed by atoms with van der Waals surface area (Å²) in [6, 6.07) is 0. The number of hydrogen-bond acceptors (Lipinski definition) is 13. The van der Waals surface area contributed by atoms with Crippen molar-refractivity contribution in [3.8, 4) is 0 Å². The van der Waals surface area contributed by atoms with Gasteiger partial charge >= 0.3 is 0 Å². The predicted molar refractivity (Wildman–Crippen MR) is 128 cm³/mol. The average Bonchev–Trinajstić information content (AvgIpc) is 2.85. The van der Waals surface area contributed by atoms with Crippen molar-refractivity contribution in [1.82, 2.24) is 0 Å². The molecule has 0 bridgehead atoms. The molecule has 1 unspecified atom stereocenters. The first-order chi connectivity index (χ1) is 17.6. The normalized spacial score (nSPS) is 44.7. The minimum absolute atomic E-state index is 0.0851. The number of rotatable bonds is 8. The van der Waals surface area contributed by atoms with E-state index in [2.05, 4.69) is 0 Å². The molecule has 2 saturated heterocycles. The van der Waals surface area contributed by atoms with Crippen LogP contribution in [0.4, 0.5) is 0 Å². The molecule has 3 aliphatic rings. The summed E-state index contributed by atoms with van der Waals surface area (Å²) in [7, 11) is 0. The van der Waals surface area contributed by atoms with Crippen molar-refractivity contribution in [3.63, 3.8) is 0 Å². The Morgan fingerprint density at radius 3 is 2.11 bits per heavy atom. The van der Waals surface area contributed by atoms with Crippen LogP contribution in [0.25, 0.3) is 0 Å². The van der Waals surface area contributed by atoms with E-state index in [1.54, 1.807) is 27.7 Å². The second-order valence-corrected chi connectivity index (χ2v) is 10.9. The summed E-state index contributed by atoms with van der Waals surface area (Å²) in [6.07, 6.45) is -11.4. The van der Waals surface area contributed by atoms with E-state index in [1.165, 1.54) is 18.2 Å². The number of allylic oxidation sites excluding steroid dienone is 1. The maximum absolute atomic E-state index is 11.9. The molecule has 0 aromatic carbocycles. The summed E-state index contributed by atoms with van der Waals surface area (Å²) in [6.45, 7) is 5.65. The Balaban J connectivity index is 1.65. The first kappa shape index (κ1) is 31.2. The summed E-state index contributed by atoms with van der Waals surface area (Å²) in [5.74, 6) is -0.0851. The van der Waals surface area contributed by atoms with Crippen molar-refractivity contribution in [2.45, 2.75) is 107 Å². The van der Waals surface area contributed by atoms with Crippen molar-refractivity contribution in [3.05, 3.63) is 23.8 Å². The van der Waals surface area contributed by atoms with Crippen LogP contribution in [0.2, 0.25) is 0 Å². The second kappa shape index (κ2) is 12.0. The van der Waals surface area contributed by atoms with Gasteiger partial charge in [0.05, 0.1) is 19.3 Å². The molecular formula is C25H40O13. The molecule has 38 heavy (non-hydrogen) atoms. The number of aliphatic hydroxyl groups excluding tert-OH is 7. The predicted octanol–water partition coefficient (Wildman–Crippen LogP) is -2.75. The molecule has 12 atom stereocenters. The zero-order valence-electron chi connectivity index (χ0n) is 21.8. The quantitative estimate of drug-likeness (QED) is 0.145. The Hall–Kier alpha value is -1.33. The molecule has 0 spiro atoms. The fraction of sp³-hybridized carbons (Fsp3) is 0.800. The average molecular weight is 549 g/mol. The summed E-state index contributed by atoms with van der Waals surface area (Å²) in [4.78, 5) is 11.9. The summed E-state index contributed by atoms with van der Waals surface area (Å²) in [5.41, 5.74) is -1.74. The van der Waals surface area contributed by atoms with Gasteiger partial charge < -0.3 is 59.8 Å². The maximum Gasteiger partial charge on any atom is 0.187 e. The van der Waals surface area contributed by atoms with Crippen LogP contribution in [-0.4, -0.2) is 133 Å². The van der Waals surface area contributed by atoms with Gasteiger partial charge in [0.15, 0.2) is 18.4 Å². The van der Waals surface area contributed by atoms with Gasteiger partial charge in [-0.3, -0.25) is 4.79 Å². The van der Waals surface area contributed by atoms with E-state index < -0.39 is 91.7 Å². The lowest BCUT2D eigenvalue weighted by Crippen LogP contribution is -2.62. The Morgan fingerprint density at radius 1 is 0.974 bits per heavy atom. The van der Waals surface area contributed by atoms with Gasteiger partial charge in [0.2, 0.25) is 0 Å². The monoisotopic (exact) mass is 548 g/mol. The molecule has 8 N–H and O–H groups in total. The highest BCUT2D eigenvalue weighted by Gasteiger charge is 2.49. The molecule has 0 saturated carbocycles. The summed E-state index contributed by atoms with van der Waals surface area (Å²) < 4.78 is 22.0. The Morgan fingerprint density at radius 2 is 1.53 bits per heavy atom. The van der Waals surface area contributed by atoms with Crippen LogP contribution < -0.4 is 0 Å². The first-order valence-electron chi connectivity index (χ1n) is 12.5. The summed E-state index contributed by atoms with van der Waals surface area (Å²) in [5, 5.41) is 81.7. The summed E-state index contributed by atoms with van der Waals surface area (Å²) >= 11 is 0. The highest BCUT2D eigenvalue weighted by molar-refractivity contribution is 5.92. The van der Waals surface area contributed by atoms with Crippen molar-refractivity contribution < 1.29 is 64.6 Å². The number of carbonyl (C=O) groups excluding carboxylic acids is 1. The van der Waals surface area contributed by atoms with Crippen molar-refractivity contribution in [2.75, 3.05) is 13.2 Å². The first-order valence-corrected chi connectivity index (χ1v) is 12.5. The number of ketones is 1. The van der Waals surface area contributed by atoms with E-state index >= 15 is 0 Å². The lowest BCUT2D eigenvalue weighted by molar-refractivity contribution is -0.333. The molecule has 2 aliphatic heterocycles. The maximum atomic E-state index is 11.9. The lowest BCUT2D eigenvalue weighted by atomic mass is 9.64. The zero-order chi connectivity index (χ0) is 28.6. The number of ether oxygens (including phenoxy) is 4. The Labute approximate surface area is 220 Å². The standard InChI is InChI=1S/C25H40O13/c1-11-7-13(27)8-24(3,4)25(11,34)6-5-12(2)36-23-21(33)19(31)17(29)15(38-23)10-35-22-20(32)18(30)16(28)14(9-26)37-22/h5-7,12,14-23,26,28-34H,8-10H2,1-4H3/b6-5+/t12?,14-,15-,16-,17-,18+,19+,20-,21-,22-,23-,25-/m1/s1. The fourth-order valence-corrected chi connectivity index (χ4v) is 4.96. The van der Waals surface area contributed by atoms with Crippen molar-refractivity contribution in [1.29, 1.82) is 0 Å². The van der Waals surface area contributed by atoms with E-state index in [9.17, 15) is 45.6 Å². The molecule has 2 heterocycles. The van der Waals surface area contributed by atoms with Gasteiger partial charge in [-0.2, -0.15) is 0 Å². The molecule has 2 fully saturated rings. The molecule has 218 valence electrons. The molecule has 0 amide bonds. The molecule has 0 aromatic rings. The fourth-order valence-electron chi connectivity index (χ4n) is 4.96. The van der Waals surface area contributed by atoms with E-state index in [0.717, 1.165) is 0 Å². The Bertz CT molecular complexity index is 888. The highest BCUT2D eigenvalue weighted by atomic mass is 16.7. The Kier molecular flexibility index (Phi) is 9.89. The van der Waals surface area contributed by atoms with Gasteiger partial charge in [-0.05, 0) is 31.6 Å². The van der Waals surface area contributed by atoms with Crippen molar-refractivity contribution >= 4 is 5.78 Å². The van der Waals surface area contributed by atoms with Crippen LogP contribution in [0.15, 0.2) is 23.8 Å². The molecular weight excluding hydrogens is 508 g/mol. The van der Waals surface area contributed by atoms with Crippen LogP contribution >= 0.6 is 0 Å². The van der Waals surface area contributed by atoms with Crippen LogP contribution in [0, 0.1) is 5.41 Å². The molecule has 3 rings (SSSR count). The largest absolute Gasteiger partial charge is 0.394 e. The van der Waals surface area contributed by atoms with E-state index in [-0.39, 0.29) is 12.2 Å². The molecule has 13 heteroatoms. The third-order valence-corrected chi connectivity index (χ3v) is 7.53. The second-order valence-electron chi connectivity index (χ2n) is 10.9. The molecule has 13 nitrogen and oxygen atoms in total. The van der Waals surface area contributed by atoms with Gasteiger partial charge in [-0.1, -0.05) is 19.9 Å². The van der Waals surface area contributed by atoms with Gasteiger partial charge in [0.1, 0.15) is 54.4 Å². The van der Waals surface area contributed by atoms with Crippen LogP contribution in [0.3, 0.4) is 0 Å². The molecule has 0 aromatic heterocycles. The third kappa shape index (κ3) is 6.19. The smallest absolute Gasteiger partial charge is 0.187 e. The number of hydrogen-bond donors (Lipinski definition) is 8. The molecule has 1 aliphatic carbocycles. The highest BCUT2D eigenvalue weighted by Crippen LogP contribution is 2.44. The van der Waals surface area contributed by atoms with Crippen molar-refractivity contribution in [2.24, 2.45) is 5.41 Å². The molecule has 0 radical (unpaired) electrons. The van der Waals surface area contributed by atoms with Gasteiger partial charge in [-0.25, -0.2) is 0 Å². The minimum atomic E-state index is -1.69. The SMILES string of the molecule is CC1=CC(=O)CC(C)(C)[C@@]1(O)/C=C/C(C)O[C@@H]1O[C@H](CO[C@@H]2O[C@H](CO)[C@@H](O)[C@H](O)[C@H]2O)[C@@H](O)[C@H](O)[C@H]1O. The third-order valence-electron chi connectivity index (χ3n) is 7.53. The van der Waals surface area contributed by atoms with E-state index in [0.29, 0.717) is 5.57 Å². The van der Waals surface area contributed by atoms with Crippen LogP contribution in [0.5, 0.6) is 0 Å². The van der Waals surface area contributed by atoms with Gasteiger partial charge in [0, 0.05) is 11.8 Å². The van der Waals surface area contributed by atoms with E-state index in [4.69, 9.17) is 18.9 Å². The number of aliphatic hydroxyl groups is 8. The zero-order valence-corrected chi connectivity index (χ0v) is 21.8. The van der Waals surface area contributed by atoms with Crippen LogP contribution in [-0.2, 0) is 23.7 Å². The number of carbonyl (C=O) groups is 1.